The predicted molar refractivity (Wildman–Crippen MR) is 113 cm³/mol. The number of fused-ring (bicyclic) bond motifs is 4. The zero-order valence-electron chi connectivity index (χ0n) is 18.1. The summed E-state index contributed by atoms with van der Waals surface area (Å²) >= 11 is 0. The van der Waals surface area contributed by atoms with Gasteiger partial charge in [-0.15, -0.1) is 0 Å². The molecule has 0 N–H and O–H groups in total. The lowest BCUT2D eigenvalue weighted by Crippen LogP contribution is -2.48. The Labute approximate surface area is 181 Å². The number of nitrogens with zero attached hydrogens (tertiary/aromatic N) is 5. The van der Waals surface area contributed by atoms with E-state index in [1.165, 1.54) is 7.11 Å². The van der Waals surface area contributed by atoms with Crippen LogP contribution in [-0.4, -0.2) is 58.9 Å². The number of anilines is 1. The fraction of sp³-hybridized carbons (Fsp3) is 0.636. The number of carbonyl (C=O) groups excluding carboxylic acids is 1. The number of esters is 1. The van der Waals surface area contributed by atoms with Crippen molar-refractivity contribution in [3.8, 4) is 0 Å². The molecule has 9 nitrogen and oxygen atoms in total. The van der Waals surface area contributed by atoms with Crippen LogP contribution in [0.5, 0.6) is 0 Å². The number of pyridine rings is 1. The van der Waals surface area contributed by atoms with Crippen LogP contribution < -0.4 is 10.5 Å². The Balaban J connectivity index is 1.34. The molecule has 0 radical (unpaired) electrons. The highest BCUT2D eigenvalue weighted by atomic mass is 16.5. The third-order valence-corrected chi connectivity index (χ3v) is 6.92. The van der Waals surface area contributed by atoms with Crippen molar-refractivity contribution in [2.75, 3.05) is 38.2 Å². The Morgan fingerprint density at radius 2 is 2.13 bits per heavy atom. The highest BCUT2D eigenvalue weighted by Crippen LogP contribution is 2.36. The van der Waals surface area contributed by atoms with Gasteiger partial charge in [0, 0.05) is 56.8 Å². The van der Waals surface area contributed by atoms with Crippen molar-refractivity contribution in [1.29, 1.82) is 0 Å². The summed E-state index contributed by atoms with van der Waals surface area (Å²) in [5.74, 6) is 1.63. The summed E-state index contributed by atoms with van der Waals surface area (Å²) in [5.41, 5.74) is 2.01. The highest BCUT2D eigenvalue weighted by molar-refractivity contribution is 5.72. The van der Waals surface area contributed by atoms with E-state index in [1.807, 2.05) is 10.6 Å². The molecule has 0 aliphatic carbocycles. The van der Waals surface area contributed by atoms with Gasteiger partial charge in [-0.2, -0.15) is 4.98 Å². The van der Waals surface area contributed by atoms with Gasteiger partial charge < -0.3 is 18.7 Å². The molecule has 166 valence electrons. The van der Waals surface area contributed by atoms with Crippen LogP contribution in [0, 0.1) is 18.8 Å². The van der Waals surface area contributed by atoms with E-state index in [0.717, 1.165) is 56.7 Å². The number of aryl methyl sites for hydroxylation is 1. The number of likely N-dealkylation sites (tertiary alicyclic amines) is 1. The largest absolute Gasteiger partial charge is 0.469 e. The number of hydrogen-bond acceptors (Lipinski definition) is 8. The minimum Gasteiger partial charge on any atom is -0.469 e. The molecule has 0 saturated carbocycles. The van der Waals surface area contributed by atoms with Gasteiger partial charge in [-0.1, -0.05) is 6.07 Å². The number of methoxy groups -OCH3 is 1. The van der Waals surface area contributed by atoms with Crippen LogP contribution in [0.2, 0.25) is 0 Å². The third kappa shape index (κ3) is 3.86. The lowest BCUT2D eigenvalue weighted by molar-refractivity contribution is -0.147. The normalized spacial score (nSPS) is 25.9. The van der Waals surface area contributed by atoms with Crippen LogP contribution in [0.4, 0.5) is 5.95 Å². The SMILES string of the molecule is COC(=O)[C@H]1CCCN(Cc2ccc3n(c2=O)C[C@H]2C[C@@H]3CN(c3noc(C)n3)C2)C1. The maximum absolute atomic E-state index is 13.3. The lowest BCUT2D eigenvalue weighted by Gasteiger charge is -2.42. The van der Waals surface area contributed by atoms with E-state index in [0.29, 0.717) is 30.8 Å². The van der Waals surface area contributed by atoms with Crippen LogP contribution >= 0.6 is 0 Å². The van der Waals surface area contributed by atoms with Crippen molar-refractivity contribution in [2.24, 2.45) is 11.8 Å². The Bertz CT molecular complexity index is 1030. The minimum atomic E-state index is -0.152. The Hall–Kier alpha value is -2.68. The first kappa shape index (κ1) is 20.2. The predicted octanol–water partition coefficient (Wildman–Crippen LogP) is 1.55. The molecule has 0 aromatic carbocycles. The molecule has 0 unspecified atom stereocenters. The molecule has 5 heterocycles. The summed E-state index contributed by atoms with van der Waals surface area (Å²) in [4.78, 5) is 34.0. The molecule has 9 heteroatoms. The molecule has 31 heavy (non-hydrogen) atoms. The molecule has 0 amide bonds. The lowest BCUT2D eigenvalue weighted by atomic mass is 9.83. The fourth-order valence-corrected chi connectivity index (χ4v) is 5.49. The second kappa shape index (κ2) is 8.11. The zero-order valence-corrected chi connectivity index (χ0v) is 18.1. The van der Waals surface area contributed by atoms with Crippen molar-refractivity contribution in [3.63, 3.8) is 0 Å². The van der Waals surface area contributed by atoms with Crippen molar-refractivity contribution >= 4 is 11.9 Å². The van der Waals surface area contributed by atoms with Gasteiger partial charge >= 0.3 is 5.97 Å². The van der Waals surface area contributed by atoms with Gasteiger partial charge in [-0.3, -0.25) is 14.5 Å². The smallest absolute Gasteiger partial charge is 0.309 e. The van der Waals surface area contributed by atoms with Crippen molar-refractivity contribution in [1.82, 2.24) is 19.6 Å². The van der Waals surface area contributed by atoms with Gasteiger partial charge in [0.05, 0.1) is 13.0 Å². The number of carbonyl (C=O) groups is 1. The summed E-state index contributed by atoms with van der Waals surface area (Å²) in [5, 5.41) is 4.08. The molecule has 2 saturated heterocycles. The zero-order chi connectivity index (χ0) is 21.5. The maximum atomic E-state index is 13.3. The number of rotatable bonds is 4. The van der Waals surface area contributed by atoms with Gasteiger partial charge in [0.2, 0.25) is 5.89 Å². The van der Waals surface area contributed by atoms with Crippen LogP contribution in [0.1, 0.15) is 42.3 Å². The molecular weight excluding hydrogens is 398 g/mol. The second-order valence-corrected chi connectivity index (χ2v) is 9.11. The molecule has 0 spiro atoms. The summed E-state index contributed by atoms with van der Waals surface area (Å²) in [7, 11) is 1.44. The van der Waals surface area contributed by atoms with Crippen molar-refractivity contribution in [2.45, 2.75) is 45.2 Å². The Morgan fingerprint density at radius 1 is 1.26 bits per heavy atom. The first-order valence-corrected chi connectivity index (χ1v) is 11.1. The Kier molecular flexibility index (Phi) is 5.29. The van der Waals surface area contributed by atoms with E-state index in [9.17, 15) is 9.59 Å². The molecule has 2 bridgehead atoms. The fourth-order valence-electron chi connectivity index (χ4n) is 5.49. The first-order chi connectivity index (χ1) is 15.0. The monoisotopic (exact) mass is 427 g/mol. The molecule has 2 fully saturated rings. The summed E-state index contributed by atoms with van der Waals surface area (Å²) < 4.78 is 12.1. The number of piperidine rings is 2. The summed E-state index contributed by atoms with van der Waals surface area (Å²) in [6, 6.07) is 4.10. The van der Waals surface area contributed by atoms with Crippen LogP contribution in [-0.2, 0) is 22.6 Å². The maximum Gasteiger partial charge on any atom is 0.309 e. The second-order valence-electron chi connectivity index (χ2n) is 9.11. The third-order valence-electron chi connectivity index (χ3n) is 6.92. The van der Waals surface area contributed by atoms with Crippen molar-refractivity contribution < 1.29 is 14.1 Å². The van der Waals surface area contributed by atoms with E-state index in [2.05, 4.69) is 26.0 Å². The van der Waals surface area contributed by atoms with Crippen molar-refractivity contribution in [3.05, 3.63) is 39.6 Å². The molecule has 3 atom stereocenters. The molecule has 3 aliphatic rings. The first-order valence-electron chi connectivity index (χ1n) is 11.1. The van der Waals surface area contributed by atoms with E-state index < -0.39 is 0 Å². The average Bonchev–Trinajstić information content (AvgIpc) is 3.22. The standard InChI is InChI=1S/C22H29N5O4/c1-14-23-22(24-31-14)26-9-15-8-18(13-26)19-6-5-16(20(28)27(19)10-15)11-25-7-3-4-17(12-25)21(29)30-2/h5-6,15,17-18H,3-4,7-13H2,1-2H3/t15-,17-,18+/m0/s1. The van der Waals surface area contributed by atoms with Gasteiger partial charge in [-0.05, 0) is 42.9 Å². The van der Waals surface area contributed by atoms with Crippen LogP contribution in [0.25, 0.3) is 0 Å². The molecule has 2 aromatic heterocycles. The topological polar surface area (TPSA) is 93.7 Å². The van der Waals surface area contributed by atoms with E-state index >= 15 is 0 Å². The summed E-state index contributed by atoms with van der Waals surface area (Å²) in [6.07, 6.45) is 2.88. The van der Waals surface area contributed by atoms with Gasteiger partial charge in [0.1, 0.15) is 0 Å². The van der Waals surface area contributed by atoms with E-state index in [1.54, 1.807) is 6.92 Å². The van der Waals surface area contributed by atoms with E-state index in [-0.39, 0.29) is 23.4 Å². The molecular formula is C22H29N5O4. The number of ether oxygens (including phenoxy) is 1. The quantitative estimate of drug-likeness (QED) is 0.679. The number of hydrogen-bond donors (Lipinski definition) is 0. The molecule has 5 rings (SSSR count). The molecule has 2 aromatic rings. The van der Waals surface area contributed by atoms with Gasteiger partial charge in [0.15, 0.2) is 0 Å². The van der Waals surface area contributed by atoms with Gasteiger partial charge in [0.25, 0.3) is 11.5 Å². The average molecular weight is 428 g/mol. The van der Waals surface area contributed by atoms with Crippen LogP contribution in [0.3, 0.4) is 0 Å². The highest BCUT2D eigenvalue weighted by Gasteiger charge is 2.36. The summed E-state index contributed by atoms with van der Waals surface area (Å²) in [6.45, 7) is 6.27. The number of aromatic nitrogens is 3. The van der Waals surface area contributed by atoms with E-state index in [4.69, 9.17) is 9.26 Å². The van der Waals surface area contributed by atoms with Gasteiger partial charge in [-0.25, -0.2) is 0 Å². The Morgan fingerprint density at radius 3 is 2.90 bits per heavy atom. The minimum absolute atomic E-state index is 0.0988. The molecule has 3 aliphatic heterocycles. The van der Waals surface area contributed by atoms with Crippen LogP contribution in [0.15, 0.2) is 21.5 Å².